The van der Waals surface area contributed by atoms with E-state index in [0.29, 0.717) is 11.5 Å². The number of carbonyl (C=O) groups excluding carboxylic acids is 1. The molecule has 22 heavy (non-hydrogen) atoms. The largest absolute Gasteiger partial charge is 0.365 e. The van der Waals surface area contributed by atoms with Crippen molar-refractivity contribution in [3.05, 3.63) is 0 Å². The smallest absolute Gasteiger partial charge is 0.251 e. The first-order valence-corrected chi connectivity index (χ1v) is 8.87. The van der Waals surface area contributed by atoms with Gasteiger partial charge in [-0.2, -0.15) is 0 Å². The Hall–Kier alpha value is -0.320. The zero-order valence-corrected chi connectivity index (χ0v) is 14.6. The van der Waals surface area contributed by atoms with Crippen molar-refractivity contribution in [2.45, 2.75) is 70.5 Å². The molecule has 3 aliphatic rings. The molecule has 4 nitrogen and oxygen atoms in total. The SMILES string of the molecule is CCC(OC1CCCC1)C(=O)N1CCC2(CCNC2)CC1.Cl. The molecule has 1 atom stereocenters. The van der Waals surface area contributed by atoms with Crippen LogP contribution in [0.25, 0.3) is 0 Å². The molecule has 1 spiro atoms. The molecule has 2 heterocycles. The van der Waals surface area contributed by atoms with Crippen molar-refractivity contribution in [3.63, 3.8) is 0 Å². The second kappa shape index (κ2) is 7.98. The predicted octanol–water partition coefficient (Wildman–Crippen LogP) is 2.75. The Balaban J connectivity index is 0.00000176. The van der Waals surface area contributed by atoms with E-state index < -0.39 is 0 Å². The monoisotopic (exact) mass is 330 g/mol. The highest BCUT2D eigenvalue weighted by molar-refractivity contribution is 5.85. The predicted molar refractivity (Wildman–Crippen MR) is 90.4 cm³/mol. The van der Waals surface area contributed by atoms with Crippen LogP contribution >= 0.6 is 12.4 Å². The minimum Gasteiger partial charge on any atom is -0.365 e. The fourth-order valence-corrected chi connectivity index (χ4v) is 4.21. The van der Waals surface area contributed by atoms with Crippen LogP contribution in [0.3, 0.4) is 0 Å². The standard InChI is InChI=1S/C17H30N2O2.ClH/c1-2-15(21-14-5-3-4-6-14)16(20)19-11-8-17(9-12-19)7-10-18-13-17;/h14-15,18H,2-13H2,1H3;1H. The van der Waals surface area contributed by atoms with Crippen LogP contribution in [0.4, 0.5) is 0 Å². The minimum absolute atomic E-state index is 0. The third kappa shape index (κ3) is 3.95. The van der Waals surface area contributed by atoms with Crippen LogP contribution in [0.5, 0.6) is 0 Å². The summed E-state index contributed by atoms with van der Waals surface area (Å²) >= 11 is 0. The molecule has 3 fully saturated rings. The van der Waals surface area contributed by atoms with E-state index in [1.165, 1.54) is 19.3 Å². The summed E-state index contributed by atoms with van der Waals surface area (Å²) in [5, 5.41) is 3.48. The molecule has 0 aromatic carbocycles. The fraction of sp³-hybridized carbons (Fsp3) is 0.941. The maximum Gasteiger partial charge on any atom is 0.251 e. The molecule has 1 N–H and O–H groups in total. The molecule has 0 radical (unpaired) electrons. The summed E-state index contributed by atoms with van der Waals surface area (Å²) < 4.78 is 6.09. The van der Waals surface area contributed by atoms with E-state index in [2.05, 4.69) is 17.1 Å². The van der Waals surface area contributed by atoms with Crippen LogP contribution < -0.4 is 5.32 Å². The van der Waals surface area contributed by atoms with Crippen LogP contribution in [0.15, 0.2) is 0 Å². The Morgan fingerprint density at radius 1 is 1.27 bits per heavy atom. The van der Waals surface area contributed by atoms with Crippen molar-refractivity contribution in [1.29, 1.82) is 0 Å². The third-order valence-electron chi connectivity index (χ3n) is 5.77. The van der Waals surface area contributed by atoms with Gasteiger partial charge < -0.3 is 15.0 Å². The number of piperidine rings is 1. The molecular formula is C17H31ClN2O2. The second-order valence-electron chi connectivity index (χ2n) is 7.19. The Labute approximate surface area is 140 Å². The fourth-order valence-electron chi connectivity index (χ4n) is 4.21. The van der Waals surface area contributed by atoms with E-state index in [9.17, 15) is 4.79 Å². The lowest BCUT2D eigenvalue weighted by molar-refractivity contribution is -0.150. The number of hydrogen-bond donors (Lipinski definition) is 1. The van der Waals surface area contributed by atoms with Gasteiger partial charge in [0.1, 0.15) is 6.10 Å². The van der Waals surface area contributed by atoms with Gasteiger partial charge in [0.2, 0.25) is 0 Å². The summed E-state index contributed by atoms with van der Waals surface area (Å²) in [5.74, 6) is 0.241. The summed E-state index contributed by atoms with van der Waals surface area (Å²) in [6.45, 7) is 6.21. The van der Waals surface area contributed by atoms with Crippen molar-refractivity contribution >= 4 is 18.3 Å². The van der Waals surface area contributed by atoms with Gasteiger partial charge in [0.15, 0.2) is 0 Å². The highest BCUT2D eigenvalue weighted by atomic mass is 35.5. The first kappa shape index (κ1) is 18.0. The lowest BCUT2D eigenvalue weighted by atomic mass is 9.78. The number of rotatable bonds is 4. The van der Waals surface area contributed by atoms with Crippen LogP contribution in [-0.2, 0) is 9.53 Å². The molecule has 2 aliphatic heterocycles. The van der Waals surface area contributed by atoms with Crippen LogP contribution in [0.2, 0.25) is 0 Å². The molecule has 1 unspecified atom stereocenters. The van der Waals surface area contributed by atoms with Crippen molar-refractivity contribution in [3.8, 4) is 0 Å². The van der Waals surface area contributed by atoms with Crippen molar-refractivity contribution < 1.29 is 9.53 Å². The zero-order chi connectivity index (χ0) is 14.7. The maximum absolute atomic E-state index is 12.7. The summed E-state index contributed by atoms with van der Waals surface area (Å²) in [7, 11) is 0. The molecule has 5 heteroatoms. The van der Waals surface area contributed by atoms with Crippen molar-refractivity contribution in [1.82, 2.24) is 10.2 Å². The number of amides is 1. The highest BCUT2D eigenvalue weighted by Crippen LogP contribution is 2.37. The van der Waals surface area contributed by atoms with Gasteiger partial charge in [0.25, 0.3) is 5.91 Å². The molecule has 0 bridgehead atoms. The summed E-state index contributed by atoms with van der Waals surface area (Å²) in [6, 6.07) is 0. The van der Waals surface area contributed by atoms with Crippen molar-refractivity contribution in [2.75, 3.05) is 26.2 Å². The number of halogens is 1. The lowest BCUT2D eigenvalue weighted by Crippen LogP contribution is -2.48. The molecule has 128 valence electrons. The quantitative estimate of drug-likeness (QED) is 0.861. The molecule has 1 amide bonds. The number of carbonyl (C=O) groups is 1. The molecule has 1 aliphatic carbocycles. The number of hydrogen-bond acceptors (Lipinski definition) is 3. The van der Waals surface area contributed by atoms with Gasteiger partial charge in [-0.25, -0.2) is 0 Å². The normalized spacial score (nSPS) is 26.1. The molecule has 3 rings (SSSR count). The zero-order valence-electron chi connectivity index (χ0n) is 13.8. The van der Waals surface area contributed by atoms with Gasteiger partial charge in [-0.05, 0) is 50.5 Å². The number of ether oxygens (including phenoxy) is 1. The van der Waals surface area contributed by atoms with Gasteiger partial charge in [0, 0.05) is 19.6 Å². The van der Waals surface area contributed by atoms with Crippen LogP contribution in [0.1, 0.15) is 58.3 Å². The number of nitrogens with one attached hydrogen (secondary N) is 1. The Morgan fingerprint density at radius 3 is 2.50 bits per heavy atom. The number of likely N-dealkylation sites (tertiary alicyclic amines) is 1. The van der Waals surface area contributed by atoms with E-state index in [-0.39, 0.29) is 24.4 Å². The molecule has 1 saturated carbocycles. The van der Waals surface area contributed by atoms with Gasteiger partial charge in [-0.15, -0.1) is 12.4 Å². The first-order chi connectivity index (χ1) is 10.2. The summed E-state index contributed by atoms with van der Waals surface area (Å²) in [4.78, 5) is 14.8. The van der Waals surface area contributed by atoms with Gasteiger partial charge >= 0.3 is 0 Å². The lowest BCUT2D eigenvalue weighted by Gasteiger charge is -2.40. The van der Waals surface area contributed by atoms with Gasteiger partial charge in [0.05, 0.1) is 6.10 Å². The third-order valence-corrected chi connectivity index (χ3v) is 5.77. The summed E-state index contributed by atoms with van der Waals surface area (Å²) in [5.41, 5.74) is 0.477. The Morgan fingerprint density at radius 2 is 1.95 bits per heavy atom. The molecule has 0 aromatic rings. The Bertz CT molecular complexity index is 356. The van der Waals surface area contributed by atoms with E-state index in [4.69, 9.17) is 4.74 Å². The number of nitrogens with zero attached hydrogens (tertiary/aromatic N) is 1. The van der Waals surface area contributed by atoms with E-state index in [0.717, 1.165) is 58.3 Å². The van der Waals surface area contributed by atoms with Crippen molar-refractivity contribution in [2.24, 2.45) is 5.41 Å². The maximum atomic E-state index is 12.7. The molecular weight excluding hydrogens is 300 g/mol. The van der Waals surface area contributed by atoms with E-state index in [1.54, 1.807) is 0 Å². The Kier molecular flexibility index (Phi) is 6.54. The first-order valence-electron chi connectivity index (χ1n) is 8.87. The molecule has 0 aromatic heterocycles. The van der Waals surface area contributed by atoms with E-state index in [1.807, 2.05) is 0 Å². The van der Waals surface area contributed by atoms with Gasteiger partial charge in [-0.3, -0.25) is 4.79 Å². The average Bonchev–Trinajstić information content (AvgIpc) is 3.17. The van der Waals surface area contributed by atoms with Crippen LogP contribution in [-0.4, -0.2) is 49.2 Å². The van der Waals surface area contributed by atoms with Gasteiger partial charge in [-0.1, -0.05) is 19.8 Å². The van der Waals surface area contributed by atoms with Crippen LogP contribution in [0, 0.1) is 5.41 Å². The molecule has 2 saturated heterocycles. The second-order valence-corrected chi connectivity index (χ2v) is 7.19. The summed E-state index contributed by atoms with van der Waals surface area (Å²) in [6.07, 6.45) is 9.32. The minimum atomic E-state index is -0.205. The highest BCUT2D eigenvalue weighted by Gasteiger charge is 2.39. The average molecular weight is 331 g/mol. The van der Waals surface area contributed by atoms with E-state index >= 15 is 0 Å². The topological polar surface area (TPSA) is 41.6 Å².